The van der Waals surface area contributed by atoms with Crippen LogP contribution in [0.4, 0.5) is 0 Å². The van der Waals surface area contributed by atoms with Gasteiger partial charge in [0.05, 0.1) is 30.8 Å². The Kier molecular flexibility index (Phi) is 19.4. The summed E-state index contributed by atoms with van der Waals surface area (Å²) in [5.41, 5.74) is 0. The number of hydrogen-bond donors (Lipinski definition) is 2. The zero-order valence-electron chi connectivity index (χ0n) is 14.3. The molecule has 0 aromatic heterocycles. The van der Waals surface area contributed by atoms with Crippen molar-refractivity contribution >= 4 is 49.7 Å². The zero-order valence-corrected chi connectivity index (χ0v) is 16.5. The molecule has 0 saturated carbocycles. The summed E-state index contributed by atoms with van der Waals surface area (Å²) in [7, 11) is 2.10. The maximum absolute atomic E-state index is 9.34. The van der Waals surface area contributed by atoms with Gasteiger partial charge in [0.1, 0.15) is 0 Å². The van der Waals surface area contributed by atoms with Crippen molar-refractivity contribution in [2.45, 2.75) is 45.8 Å². The normalized spacial score (nSPS) is 14.5. The molecule has 1 rings (SSSR count). The van der Waals surface area contributed by atoms with Crippen LogP contribution < -0.4 is 10.2 Å². The van der Waals surface area contributed by atoms with Crippen molar-refractivity contribution < 1.29 is 30.0 Å². The van der Waals surface area contributed by atoms with E-state index >= 15 is 0 Å². The molecule has 1 aliphatic rings. The van der Waals surface area contributed by atoms with Crippen molar-refractivity contribution in [3.63, 3.8) is 0 Å². The third-order valence-electron chi connectivity index (χ3n) is 2.42. The maximum Gasteiger partial charge on any atom is 2.00 e. The molecule has 2 N–H and O–H groups in total. The van der Waals surface area contributed by atoms with Crippen LogP contribution >= 0.6 is 0 Å². The van der Waals surface area contributed by atoms with E-state index in [1.807, 2.05) is 0 Å². The van der Waals surface area contributed by atoms with Crippen LogP contribution in [-0.2, 0) is 9.59 Å². The molecule has 0 aromatic carbocycles. The van der Waals surface area contributed by atoms with E-state index in [4.69, 9.17) is 10.2 Å². The molecule has 2 unspecified atom stereocenters. The summed E-state index contributed by atoms with van der Waals surface area (Å²) >= 11 is 0. The minimum absolute atomic E-state index is 0. The largest absolute Gasteiger partial charge is 2.00 e. The molecule has 1 heterocycles. The summed E-state index contributed by atoms with van der Waals surface area (Å²) in [4.78, 5) is 23.2. The molecule has 23 heavy (non-hydrogen) atoms. The summed E-state index contributed by atoms with van der Waals surface area (Å²) in [6, 6.07) is 0. The minimum atomic E-state index is -1.44. The van der Waals surface area contributed by atoms with E-state index < -0.39 is 24.1 Å². The van der Waals surface area contributed by atoms with Gasteiger partial charge in [-0.25, -0.2) is 0 Å². The molecule has 0 fully saturated rings. The molecular formula is C14H26CaN2O6. The number of rotatable bonds is 5. The van der Waals surface area contributed by atoms with Crippen molar-refractivity contribution in [2.24, 2.45) is 0 Å². The quantitative estimate of drug-likeness (QED) is 0.509. The molecule has 130 valence electrons. The summed E-state index contributed by atoms with van der Waals surface area (Å²) in [5.74, 6) is -2.87. The number of aliphatic hydroxyl groups excluding tert-OH is 2. The summed E-state index contributed by atoms with van der Waals surface area (Å²) in [5, 5.41) is 34.6. The minimum Gasteiger partial charge on any atom is -0.547 e. The molecule has 0 aromatic rings. The first kappa shape index (κ1) is 27.3. The number of unbranched alkanes of at least 4 members (excludes halogenated alkanes) is 1. The van der Waals surface area contributed by atoms with Gasteiger partial charge in [-0.05, 0) is 20.3 Å². The van der Waals surface area contributed by atoms with Crippen LogP contribution in [-0.4, -0.2) is 102 Å². The first-order chi connectivity index (χ1) is 10.1. The molecule has 0 aliphatic carbocycles. The number of aliphatic hydroxyl groups is 2. The van der Waals surface area contributed by atoms with Gasteiger partial charge in [-0.3, -0.25) is 0 Å². The molecule has 0 bridgehead atoms. The number of carbonyl (C=O) groups excluding carboxylic acids is 2. The van der Waals surface area contributed by atoms with E-state index in [2.05, 4.69) is 36.2 Å². The van der Waals surface area contributed by atoms with E-state index in [-0.39, 0.29) is 37.7 Å². The standard InChI is InChI=1S/C8H16N2.2C3H6O3.Ca/c1-3-4-5-10-7-6-9(2)8-10;2*1-2(4)3(5)6;/h6-7H,3-5,8H2,1-2H3;2*2,4H,1H3,(H,5,6);/q;;;+2/p-2. The smallest absolute Gasteiger partial charge is 0.547 e. The predicted octanol–water partition coefficient (Wildman–Crippen LogP) is -2.68. The summed E-state index contributed by atoms with van der Waals surface area (Å²) in [6.45, 7) is 6.77. The summed E-state index contributed by atoms with van der Waals surface area (Å²) in [6.07, 6.45) is 4.19. The van der Waals surface area contributed by atoms with Crippen LogP contribution in [0.3, 0.4) is 0 Å². The van der Waals surface area contributed by atoms with Crippen LogP contribution in [0, 0.1) is 0 Å². The maximum atomic E-state index is 9.34. The third-order valence-corrected chi connectivity index (χ3v) is 2.42. The van der Waals surface area contributed by atoms with E-state index in [0.29, 0.717) is 0 Å². The second kappa shape index (κ2) is 16.3. The van der Waals surface area contributed by atoms with Gasteiger partial charge in [-0.2, -0.15) is 0 Å². The average Bonchev–Trinajstić information content (AvgIpc) is 2.83. The van der Waals surface area contributed by atoms with Crippen LogP contribution in [0.15, 0.2) is 12.4 Å². The Morgan fingerprint density at radius 1 is 1.13 bits per heavy atom. The van der Waals surface area contributed by atoms with E-state index in [0.717, 1.165) is 20.5 Å². The SMILES string of the molecule is CC(O)C(=O)[O-].CC(O)C(=O)[O-].CCCCN1C=CN(C)C1.[Ca+2]. The second-order valence-corrected chi connectivity index (χ2v) is 4.85. The fourth-order valence-electron chi connectivity index (χ4n) is 1.10. The van der Waals surface area contributed by atoms with Crippen molar-refractivity contribution in [1.82, 2.24) is 9.80 Å². The third kappa shape index (κ3) is 19.4. The fourth-order valence-corrected chi connectivity index (χ4v) is 1.10. The van der Waals surface area contributed by atoms with Crippen molar-refractivity contribution in [3.05, 3.63) is 12.4 Å². The first-order valence-electron chi connectivity index (χ1n) is 7.02. The number of aliphatic carboxylic acids is 2. The van der Waals surface area contributed by atoms with Gasteiger partial charge in [0, 0.05) is 26.0 Å². The van der Waals surface area contributed by atoms with Gasteiger partial charge < -0.3 is 39.8 Å². The second-order valence-electron chi connectivity index (χ2n) is 4.85. The molecule has 0 amide bonds. The number of nitrogens with zero attached hydrogens (tertiary/aromatic N) is 2. The number of carbonyl (C=O) groups is 2. The Morgan fingerprint density at radius 2 is 1.52 bits per heavy atom. The molecule has 0 saturated heterocycles. The molecule has 9 heteroatoms. The Labute approximate surface area is 167 Å². The number of carboxylic acid groups (broad SMARTS) is 2. The van der Waals surface area contributed by atoms with E-state index in [1.54, 1.807) is 0 Å². The average molecular weight is 358 g/mol. The van der Waals surface area contributed by atoms with Gasteiger partial charge in [0.15, 0.2) is 0 Å². The Bertz CT molecular complexity index is 332. The van der Waals surface area contributed by atoms with Crippen molar-refractivity contribution in [2.75, 3.05) is 20.3 Å². The van der Waals surface area contributed by atoms with Gasteiger partial charge in [0.25, 0.3) is 0 Å². The molecule has 1 aliphatic heterocycles. The zero-order chi connectivity index (χ0) is 17.7. The number of carboxylic acids is 2. The van der Waals surface area contributed by atoms with E-state index in [1.165, 1.54) is 19.4 Å². The van der Waals surface area contributed by atoms with Crippen LogP contribution in [0.2, 0.25) is 0 Å². The molecule has 0 radical (unpaired) electrons. The topological polar surface area (TPSA) is 127 Å². The Morgan fingerprint density at radius 3 is 1.74 bits per heavy atom. The van der Waals surface area contributed by atoms with Gasteiger partial charge in [-0.15, -0.1) is 0 Å². The van der Waals surface area contributed by atoms with Crippen LogP contribution in [0.5, 0.6) is 0 Å². The van der Waals surface area contributed by atoms with Gasteiger partial charge >= 0.3 is 37.7 Å². The molecule has 0 spiro atoms. The molecule has 2 atom stereocenters. The number of hydrogen-bond acceptors (Lipinski definition) is 8. The molecular weight excluding hydrogens is 332 g/mol. The van der Waals surface area contributed by atoms with E-state index in [9.17, 15) is 19.8 Å². The van der Waals surface area contributed by atoms with Gasteiger partial charge in [0.2, 0.25) is 0 Å². The van der Waals surface area contributed by atoms with Crippen molar-refractivity contribution in [3.8, 4) is 0 Å². The predicted molar refractivity (Wildman–Crippen MR) is 82.5 cm³/mol. The first-order valence-corrected chi connectivity index (χ1v) is 7.02. The Balaban J connectivity index is -0.000000271. The fraction of sp³-hybridized carbons (Fsp3) is 0.714. The molecule has 8 nitrogen and oxygen atoms in total. The summed E-state index contributed by atoms with van der Waals surface area (Å²) < 4.78 is 0. The van der Waals surface area contributed by atoms with Crippen molar-refractivity contribution in [1.29, 1.82) is 0 Å². The van der Waals surface area contributed by atoms with Crippen LogP contribution in [0.25, 0.3) is 0 Å². The van der Waals surface area contributed by atoms with Gasteiger partial charge in [-0.1, -0.05) is 13.3 Å². The monoisotopic (exact) mass is 358 g/mol. The van der Waals surface area contributed by atoms with Crippen LogP contribution in [0.1, 0.15) is 33.6 Å². The Hall–Kier alpha value is -0.540.